The van der Waals surface area contributed by atoms with E-state index in [0.29, 0.717) is 18.3 Å². The van der Waals surface area contributed by atoms with E-state index in [1.807, 2.05) is 36.4 Å². The molecule has 0 unspecified atom stereocenters. The van der Waals surface area contributed by atoms with Crippen LogP contribution in [0.3, 0.4) is 0 Å². The summed E-state index contributed by atoms with van der Waals surface area (Å²) in [6.07, 6.45) is 0. The molecule has 0 saturated carbocycles. The number of para-hydroxylation sites is 1. The monoisotopic (exact) mass is 331 g/mol. The molecule has 5 nitrogen and oxygen atoms in total. The Morgan fingerprint density at radius 3 is 2.87 bits per heavy atom. The number of anilines is 1. The molecule has 0 atom stereocenters. The molecule has 0 spiro atoms. The average Bonchev–Trinajstić information content (AvgIpc) is 2.60. The molecule has 1 aliphatic rings. The van der Waals surface area contributed by atoms with Gasteiger partial charge in [0, 0.05) is 23.4 Å². The molecule has 0 radical (unpaired) electrons. The van der Waals surface area contributed by atoms with E-state index in [1.165, 1.54) is 0 Å². The molecule has 0 fully saturated rings. The zero-order valence-electron chi connectivity index (χ0n) is 13.0. The third kappa shape index (κ3) is 3.19. The minimum Gasteiger partial charge on any atom is -0.493 e. The molecule has 120 valence electrons. The number of fused-ring (bicyclic) bond motifs is 1. The highest BCUT2D eigenvalue weighted by Crippen LogP contribution is 2.31. The predicted octanol–water partition coefficient (Wildman–Crippen LogP) is 3.32. The third-order valence-electron chi connectivity index (χ3n) is 3.75. The number of nitrogens with one attached hydrogen (secondary N) is 2. The molecular weight excluding hydrogens is 314 g/mol. The summed E-state index contributed by atoms with van der Waals surface area (Å²) < 4.78 is 10.8. The smallest absolute Gasteiger partial charge is 0.165 e. The largest absolute Gasteiger partial charge is 0.493 e. The van der Waals surface area contributed by atoms with Crippen molar-refractivity contribution in [2.24, 2.45) is 5.10 Å². The Labute approximate surface area is 140 Å². The molecule has 23 heavy (non-hydrogen) atoms. The Morgan fingerprint density at radius 1 is 1.22 bits per heavy atom. The Morgan fingerprint density at radius 2 is 2.09 bits per heavy atom. The van der Waals surface area contributed by atoms with Gasteiger partial charge in [0.15, 0.2) is 16.7 Å². The van der Waals surface area contributed by atoms with E-state index in [1.54, 1.807) is 14.2 Å². The van der Waals surface area contributed by atoms with Gasteiger partial charge in [0.1, 0.15) is 0 Å². The molecule has 3 rings (SSSR count). The highest BCUT2D eigenvalue weighted by Gasteiger charge is 2.13. The fourth-order valence-corrected chi connectivity index (χ4v) is 2.81. The van der Waals surface area contributed by atoms with Crippen LogP contribution in [0.4, 0.5) is 5.69 Å². The van der Waals surface area contributed by atoms with Crippen molar-refractivity contribution in [2.45, 2.75) is 13.1 Å². The van der Waals surface area contributed by atoms with Crippen LogP contribution in [-0.2, 0) is 13.1 Å². The Balaban J connectivity index is 1.80. The van der Waals surface area contributed by atoms with Crippen molar-refractivity contribution in [3.05, 3.63) is 53.1 Å². The Kier molecular flexibility index (Phi) is 4.57. The number of hydrazone groups is 1. The van der Waals surface area contributed by atoms with Gasteiger partial charge in [-0.2, -0.15) is 5.10 Å². The number of hydrogen-bond acceptors (Lipinski definition) is 5. The zero-order valence-corrected chi connectivity index (χ0v) is 13.8. The summed E-state index contributed by atoms with van der Waals surface area (Å²) in [6, 6.07) is 11.9. The molecule has 1 heterocycles. The fraction of sp³-hybridized carbons (Fsp3) is 0.235. The van der Waals surface area contributed by atoms with Gasteiger partial charge in [0.2, 0.25) is 0 Å². The summed E-state index contributed by atoms with van der Waals surface area (Å²) in [5, 5.41) is 7.92. The first kappa shape index (κ1) is 15.5. The second-order valence-corrected chi connectivity index (χ2v) is 5.47. The molecule has 0 amide bonds. The van der Waals surface area contributed by atoms with Crippen LogP contribution in [0.15, 0.2) is 41.5 Å². The van der Waals surface area contributed by atoms with Crippen molar-refractivity contribution >= 4 is 22.5 Å². The summed E-state index contributed by atoms with van der Waals surface area (Å²) in [5.74, 6) is 1.46. The van der Waals surface area contributed by atoms with Crippen LogP contribution >= 0.6 is 11.6 Å². The summed E-state index contributed by atoms with van der Waals surface area (Å²) in [5.41, 5.74) is 6.98. The van der Waals surface area contributed by atoms with E-state index < -0.39 is 0 Å². The molecule has 2 aromatic rings. The lowest BCUT2D eigenvalue weighted by Gasteiger charge is -2.17. The van der Waals surface area contributed by atoms with E-state index in [2.05, 4.69) is 15.8 Å². The van der Waals surface area contributed by atoms with E-state index in [0.717, 1.165) is 33.9 Å². The molecule has 1 aliphatic heterocycles. The third-order valence-corrected chi connectivity index (χ3v) is 4.03. The van der Waals surface area contributed by atoms with E-state index in [4.69, 9.17) is 21.1 Å². The lowest BCUT2D eigenvalue weighted by Crippen LogP contribution is -2.17. The summed E-state index contributed by atoms with van der Waals surface area (Å²) >= 11 is 6.15. The van der Waals surface area contributed by atoms with Crippen LogP contribution in [0.5, 0.6) is 11.5 Å². The second-order valence-electron chi connectivity index (χ2n) is 5.12. The highest BCUT2D eigenvalue weighted by atomic mass is 35.5. The van der Waals surface area contributed by atoms with Gasteiger partial charge in [-0.15, -0.1) is 0 Å². The van der Waals surface area contributed by atoms with Crippen molar-refractivity contribution in [3.63, 3.8) is 0 Å². The van der Waals surface area contributed by atoms with Crippen LogP contribution in [0.1, 0.15) is 16.7 Å². The second kappa shape index (κ2) is 6.79. The van der Waals surface area contributed by atoms with Crippen LogP contribution in [0, 0.1) is 0 Å². The summed E-state index contributed by atoms with van der Waals surface area (Å²) in [4.78, 5) is 0. The maximum absolute atomic E-state index is 6.15. The highest BCUT2D eigenvalue weighted by molar-refractivity contribution is 6.69. The molecule has 0 saturated heterocycles. The number of ether oxygens (including phenoxy) is 2. The van der Waals surface area contributed by atoms with Crippen LogP contribution in [0.25, 0.3) is 0 Å². The molecule has 2 N–H and O–H groups in total. The number of rotatable bonds is 5. The molecule has 6 heteroatoms. The van der Waals surface area contributed by atoms with Gasteiger partial charge in [-0.25, -0.2) is 0 Å². The molecular formula is C17H18ClN3O2. The van der Waals surface area contributed by atoms with Gasteiger partial charge in [-0.1, -0.05) is 29.8 Å². The van der Waals surface area contributed by atoms with Gasteiger partial charge in [0.05, 0.1) is 20.8 Å². The minimum absolute atomic E-state index is 0.480. The number of nitrogens with zero attached hydrogens (tertiary/aromatic N) is 1. The average molecular weight is 332 g/mol. The number of methoxy groups -OCH3 is 2. The first-order chi connectivity index (χ1) is 11.2. The lowest BCUT2D eigenvalue weighted by molar-refractivity contribution is 0.352. The van der Waals surface area contributed by atoms with E-state index in [9.17, 15) is 0 Å². The molecule has 0 bridgehead atoms. The minimum atomic E-state index is 0.480. The molecule has 0 aliphatic carbocycles. The van der Waals surface area contributed by atoms with E-state index >= 15 is 0 Å². The fourth-order valence-electron chi connectivity index (χ4n) is 2.58. The van der Waals surface area contributed by atoms with Crippen molar-refractivity contribution in [2.75, 3.05) is 19.5 Å². The lowest BCUT2D eigenvalue weighted by atomic mass is 10.1. The molecule has 2 aromatic carbocycles. The first-order valence-corrected chi connectivity index (χ1v) is 7.64. The normalized spacial score (nSPS) is 12.7. The number of hydrogen-bond donors (Lipinski definition) is 2. The van der Waals surface area contributed by atoms with Crippen molar-refractivity contribution in [1.29, 1.82) is 0 Å². The number of benzene rings is 2. The first-order valence-electron chi connectivity index (χ1n) is 7.26. The quantitative estimate of drug-likeness (QED) is 0.882. The van der Waals surface area contributed by atoms with Crippen molar-refractivity contribution < 1.29 is 9.47 Å². The topological polar surface area (TPSA) is 54.9 Å². The Bertz CT molecular complexity index is 747. The van der Waals surface area contributed by atoms with Crippen LogP contribution < -0.4 is 20.2 Å². The van der Waals surface area contributed by atoms with Gasteiger partial charge < -0.3 is 20.2 Å². The SMILES string of the molecule is COc1cccc(CNc2ccc3c(c2)C(Cl)=NNC3)c1OC. The van der Waals surface area contributed by atoms with Gasteiger partial charge in [-0.3, -0.25) is 0 Å². The summed E-state index contributed by atoms with van der Waals surface area (Å²) in [7, 11) is 3.28. The maximum atomic E-state index is 6.15. The zero-order chi connectivity index (χ0) is 16.2. The maximum Gasteiger partial charge on any atom is 0.165 e. The molecule has 0 aromatic heterocycles. The predicted molar refractivity (Wildman–Crippen MR) is 92.5 cm³/mol. The van der Waals surface area contributed by atoms with Crippen molar-refractivity contribution in [3.8, 4) is 11.5 Å². The van der Waals surface area contributed by atoms with Gasteiger partial charge in [-0.05, 0) is 23.8 Å². The van der Waals surface area contributed by atoms with Crippen molar-refractivity contribution in [1.82, 2.24) is 5.43 Å². The van der Waals surface area contributed by atoms with Gasteiger partial charge in [0.25, 0.3) is 0 Å². The summed E-state index contributed by atoms with van der Waals surface area (Å²) in [6.45, 7) is 1.31. The van der Waals surface area contributed by atoms with Crippen LogP contribution in [-0.4, -0.2) is 19.4 Å². The Hall–Kier alpha value is -2.40. The van der Waals surface area contributed by atoms with Gasteiger partial charge >= 0.3 is 0 Å². The van der Waals surface area contributed by atoms with E-state index in [-0.39, 0.29) is 0 Å². The number of halogens is 1. The van der Waals surface area contributed by atoms with Crippen LogP contribution in [0.2, 0.25) is 0 Å². The standard InChI is InChI=1S/C17H18ClN3O2/c1-22-15-5-3-4-12(16(15)23-2)9-19-13-7-6-11-10-20-21-17(18)14(11)8-13/h3-8,19-20H,9-10H2,1-2H3.